The van der Waals surface area contributed by atoms with Gasteiger partial charge in [-0.3, -0.25) is 14.4 Å². The quantitative estimate of drug-likeness (QED) is 0.294. The van der Waals surface area contributed by atoms with Gasteiger partial charge in [0.1, 0.15) is 6.04 Å². The number of hydrogen-bond acceptors (Lipinski definition) is 6. The molecule has 0 radical (unpaired) electrons. The zero-order valence-electron chi connectivity index (χ0n) is 17.3. The van der Waals surface area contributed by atoms with Gasteiger partial charge >= 0.3 is 5.97 Å². The van der Waals surface area contributed by atoms with Gasteiger partial charge in [0.05, 0.1) is 4.90 Å². The molecule has 172 valence electrons. The second-order valence-electron chi connectivity index (χ2n) is 7.46. The Hall–Kier alpha value is -2.50. The van der Waals surface area contributed by atoms with Gasteiger partial charge in [-0.25, -0.2) is 8.42 Å². The van der Waals surface area contributed by atoms with E-state index in [0.29, 0.717) is 12.3 Å². The summed E-state index contributed by atoms with van der Waals surface area (Å²) in [6, 6.07) is 5.84. The number of carboxylic acid groups (broad SMARTS) is 1. The molecule has 5 N–H and O–H groups in total. The molecule has 10 nitrogen and oxygen atoms in total. The summed E-state index contributed by atoms with van der Waals surface area (Å²) in [5.74, 6) is -1.47. The number of carbonyl (C=O) groups is 3. The van der Waals surface area contributed by atoms with Crippen LogP contribution in [-0.4, -0.2) is 63.5 Å². The predicted octanol–water partition coefficient (Wildman–Crippen LogP) is -0.180. The molecule has 1 heterocycles. The lowest BCUT2D eigenvalue weighted by Gasteiger charge is -2.22. The minimum absolute atomic E-state index is 0.0309. The molecule has 0 aliphatic carbocycles. The molecule has 1 aliphatic heterocycles. The zero-order valence-corrected chi connectivity index (χ0v) is 18.1. The van der Waals surface area contributed by atoms with Gasteiger partial charge in [-0.15, -0.1) is 0 Å². The molecular weight excluding hydrogens is 424 g/mol. The first kappa shape index (κ1) is 24.8. The van der Waals surface area contributed by atoms with Crippen LogP contribution in [0.5, 0.6) is 0 Å². The number of piperidine rings is 1. The van der Waals surface area contributed by atoms with Gasteiger partial charge in [0, 0.05) is 25.9 Å². The van der Waals surface area contributed by atoms with E-state index in [1.54, 1.807) is 6.07 Å². The molecule has 1 saturated heterocycles. The van der Waals surface area contributed by atoms with E-state index in [4.69, 9.17) is 0 Å². The molecular formula is C20H30N4O6S. The topological polar surface area (TPSA) is 154 Å². The molecule has 1 aromatic carbocycles. The normalized spacial score (nSPS) is 15.7. The summed E-state index contributed by atoms with van der Waals surface area (Å²) < 4.78 is 26.6. The number of rotatable bonds is 12. The first-order chi connectivity index (χ1) is 14.8. The maximum atomic E-state index is 12.3. The molecule has 2 rings (SSSR count). The average Bonchev–Trinajstić information content (AvgIpc) is 2.76. The summed E-state index contributed by atoms with van der Waals surface area (Å²) in [6.45, 7) is 1.67. The Bertz CT molecular complexity index is 840. The van der Waals surface area contributed by atoms with Gasteiger partial charge in [0.25, 0.3) is 0 Å². The first-order valence-electron chi connectivity index (χ1n) is 10.3. The van der Waals surface area contributed by atoms with Gasteiger partial charge in [0.2, 0.25) is 21.8 Å². The first-order valence-corrected chi connectivity index (χ1v) is 11.8. The number of carbonyl (C=O) groups excluding carboxylic acids is 2. The maximum absolute atomic E-state index is 12.3. The summed E-state index contributed by atoms with van der Waals surface area (Å²) in [5, 5.41) is 17.6. The Kier molecular flexibility index (Phi) is 9.89. The van der Waals surface area contributed by atoms with E-state index in [0.717, 1.165) is 32.4 Å². The van der Waals surface area contributed by atoms with Gasteiger partial charge < -0.3 is 21.1 Å². The van der Waals surface area contributed by atoms with Crippen molar-refractivity contribution < 1.29 is 27.9 Å². The predicted molar refractivity (Wildman–Crippen MR) is 114 cm³/mol. The van der Waals surface area contributed by atoms with Crippen LogP contribution in [0.2, 0.25) is 0 Å². The number of nitrogens with one attached hydrogen (secondary N) is 4. The summed E-state index contributed by atoms with van der Waals surface area (Å²) in [7, 11) is -4.04. The Morgan fingerprint density at radius 1 is 1.03 bits per heavy atom. The fraction of sp³-hybridized carbons (Fsp3) is 0.550. The van der Waals surface area contributed by atoms with Crippen molar-refractivity contribution >= 4 is 27.8 Å². The zero-order chi connectivity index (χ0) is 22.7. The van der Waals surface area contributed by atoms with Gasteiger partial charge in [-0.2, -0.15) is 4.72 Å². The lowest BCUT2D eigenvalue weighted by molar-refractivity contribution is -0.138. The Morgan fingerprint density at radius 2 is 1.68 bits per heavy atom. The minimum atomic E-state index is -4.04. The molecule has 0 saturated carbocycles. The highest BCUT2D eigenvalue weighted by Gasteiger charge is 2.25. The number of hydrogen-bond donors (Lipinski definition) is 5. The molecule has 2 amide bonds. The fourth-order valence-electron chi connectivity index (χ4n) is 3.25. The van der Waals surface area contributed by atoms with Gasteiger partial charge in [0.15, 0.2) is 0 Å². The monoisotopic (exact) mass is 454 g/mol. The van der Waals surface area contributed by atoms with Crippen LogP contribution in [0.3, 0.4) is 0 Å². The summed E-state index contributed by atoms with van der Waals surface area (Å²) in [5.41, 5.74) is 0. The van der Waals surface area contributed by atoms with Crippen molar-refractivity contribution in [3.05, 3.63) is 30.3 Å². The van der Waals surface area contributed by atoms with Crippen LogP contribution in [0.1, 0.15) is 32.1 Å². The Labute approximate surface area is 182 Å². The highest BCUT2D eigenvalue weighted by atomic mass is 32.2. The molecule has 1 fully saturated rings. The second kappa shape index (κ2) is 12.4. The van der Waals surface area contributed by atoms with E-state index < -0.39 is 34.5 Å². The van der Waals surface area contributed by atoms with Crippen LogP contribution in [0.4, 0.5) is 0 Å². The van der Waals surface area contributed by atoms with Crippen LogP contribution in [-0.2, 0) is 24.4 Å². The van der Waals surface area contributed by atoms with Crippen LogP contribution < -0.4 is 20.7 Å². The lowest BCUT2D eigenvalue weighted by Crippen LogP contribution is -2.48. The molecule has 0 aromatic heterocycles. The Balaban J connectivity index is 1.69. The molecule has 1 aromatic rings. The lowest BCUT2D eigenvalue weighted by atomic mass is 9.93. The number of sulfonamides is 1. The van der Waals surface area contributed by atoms with Crippen LogP contribution in [0, 0.1) is 5.92 Å². The van der Waals surface area contributed by atoms with Crippen molar-refractivity contribution in [1.29, 1.82) is 0 Å². The third-order valence-electron chi connectivity index (χ3n) is 5.06. The van der Waals surface area contributed by atoms with Crippen LogP contribution in [0.15, 0.2) is 35.2 Å². The summed E-state index contributed by atoms with van der Waals surface area (Å²) in [6.07, 6.45) is 3.33. The highest BCUT2D eigenvalue weighted by Crippen LogP contribution is 2.17. The summed E-state index contributed by atoms with van der Waals surface area (Å²) >= 11 is 0. The fourth-order valence-corrected chi connectivity index (χ4v) is 4.46. The van der Waals surface area contributed by atoms with Crippen molar-refractivity contribution in [3.8, 4) is 0 Å². The largest absolute Gasteiger partial charge is 0.480 e. The van der Waals surface area contributed by atoms with Crippen molar-refractivity contribution in [2.45, 2.75) is 43.0 Å². The average molecular weight is 455 g/mol. The minimum Gasteiger partial charge on any atom is -0.480 e. The summed E-state index contributed by atoms with van der Waals surface area (Å²) in [4.78, 5) is 35.2. The van der Waals surface area contributed by atoms with Crippen LogP contribution in [0.25, 0.3) is 0 Å². The second-order valence-corrected chi connectivity index (χ2v) is 9.18. The van der Waals surface area contributed by atoms with Crippen molar-refractivity contribution in [2.24, 2.45) is 5.92 Å². The molecule has 31 heavy (non-hydrogen) atoms. The van der Waals surface area contributed by atoms with Crippen molar-refractivity contribution in [1.82, 2.24) is 20.7 Å². The standard InChI is InChI=1S/C20H30N4O6S/c25-18(7-6-15-8-11-21-12-9-15)22-13-10-19(26)23-14-17(20(27)28)24-31(29,30)16-4-2-1-3-5-16/h1-5,15,17,21,24H,6-14H2,(H,22,25)(H,23,26)(H,27,28)/t17-/m0/s1. The van der Waals surface area contributed by atoms with E-state index in [2.05, 4.69) is 20.7 Å². The number of amides is 2. The third-order valence-corrected chi connectivity index (χ3v) is 6.55. The van der Waals surface area contributed by atoms with Crippen LogP contribution >= 0.6 is 0 Å². The Morgan fingerprint density at radius 3 is 2.32 bits per heavy atom. The number of aliphatic carboxylic acids is 1. The van der Waals surface area contributed by atoms with Crippen molar-refractivity contribution in [2.75, 3.05) is 26.2 Å². The van der Waals surface area contributed by atoms with Gasteiger partial charge in [-0.1, -0.05) is 18.2 Å². The van der Waals surface area contributed by atoms with Crippen molar-refractivity contribution in [3.63, 3.8) is 0 Å². The smallest absolute Gasteiger partial charge is 0.323 e. The van der Waals surface area contributed by atoms with E-state index >= 15 is 0 Å². The van der Waals surface area contributed by atoms with E-state index in [-0.39, 0.29) is 23.8 Å². The van der Waals surface area contributed by atoms with E-state index in [1.807, 2.05) is 0 Å². The van der Waals surface area contributed by atoms with Gasteiger partial charge in [-0.05, 0) is 50.4 Å². The molecule has 0 unspecified atom stereocenters. The molecule has 0 bridgehead atoms. The molecule has 1 aliphatic rings. The molecule has 11 heteroatoms. The number of benzene rings is 1. The third kappa shape index (κ3) is 9.03. The molecule has 0 spiro atoms. The van der Waals surface area contributed by atoms with E-state index in [1.165, 1.54) is 24.3 Å². The molecule has 1 atom stereocenters. The highest BCUT2D eigenvalue weighted by molar-refractivity contribution is 7.89. The SMILES string of the molecule is O=C(CCC1CCNCC1)NCCC(=O)NC[C@H](NS(=O)(=O)c1ccccc1)C(=O)O. The maximum Gasteiger partial charge on any atom is 0.323 e. The number of carboxylic acids is 1. The van der Waals surface area contributed by atoms with E-state index in [9.17, 15) is 27.9 Å².